The van der Waals surface area contributed by atoms with Crippen LogP contribution in [0.25, 0.3) is 0 Å². The summed E-state index contributed by atoms with van der Waals surface area (Å²) in [5, 5.41) is 0. The Labute approximate surface area is 210 Å². The van der Waals surface area contributed by atoms with Crippen molar-refractivity contribution in [3.05, 3.63) is 70.8 Å². The molecule has 2 aromatic rings. The molecule has 0 radical (unpaired) electrons. The molecule has 0 bridgehead atoms. The summed E-state index contributed by atoms with van der Waals surface area (Å²) < 4.78 is 20.8. The van der Waals surface area contributed by atoms with E-state index in [9.17, 15) is 19.2 Å². The highest BCUT2D eigenvalue weighted by molar-refractivity contribution is 5.96. The molecule has 8 heteroatoms. The average Bonchev–Trinajstić information content (AvgIpc) is 2.91. The minimum Gasteiger partial charge on any atom is -0.462 e. The number of methoxy groups -OCH3 is 1. The van der Waals surface area contributed by atoms with Crippen LogP contribution in [0.5, 0.6) is 0 Å². The highest BCUT2D eigenvalue weighted by Crippen LogP contribution is 2.29. The predicted molar refractivity (Wildman–Crippen MR) is 131 cm³/mol. The van der Waals surface area contributed by atoms with Crippen molar-refractivity contribution in [2.75, 3.05) is 33.5 Å². The second-order valence-electron chi connectivity index (χ2n) is 8.92. The van der Waals surface area contributed by atoms with E-state index in [0.29, 0.717) is 42.1 Å². The van der Waals surface area contributed by atoms with Crippen LogP contribution in [0.15, 0.2) is 48.5 Å². The summed E-state index contributed by atoms with van der Waals surface area (Å²) in [6, 6.07) is 12.6. The monoisotopic (exact) mass is 496 g/mol. The topological polar surface area (TPSA) is 105 Å². The van der Waals surface area contributed by atoms with Gasteiger partial charge < -0.3 is 18.9 Å². The molecule has 0 amide bonds. The number of benzene rings is 2. The van der Waals surface area contributed by atoms with Gasteiger partial charge in [0.1, 0.15) is 6.61 Å². The molecule has 8 nitrogen and oxygen atoms in total. The smallest absolute Gasteiger partial charge is 0.338 e. The van der Waals surface area contributed by atoms with Crippen molar-refractivity contribution in [3.8, 4) is 0 Å². The number of carbonyl (C=O) groups excluding carboxylic acids is 4. The minimum atomic E-state index is -0.472. The zero-order chi connectivity index (χ0) is 25.9. The van der Waals surface area contributed by atoms with Crippen molar-refractivity contribution in [2.24, 2.45) is 11.8 Å². The fraction of sp³-hybridized carbons (Fsp3) is 0.429. The first-order chi connectivity index (χ1) is 17.4. The summed E-state index contributed by atoms with van der Waals surface area (Å²) in [5.41, 5.74) is 1.72. The predicted octanol–water partition coefficient (Wildman–Crippen LogP) is 4.51. The molecule has 0 atom stereocenters. The van der Waals surface area contributed by atoms with E-state index < -0.39 is 17.9 Å². The van der Waals surface area contributed by atoms with Gasteiger partial charge in [0.2, 0.25) is 0 Å². The van der Waals surface area contributed by atoms with Gasteiger partial charge in [0.25, 0.3) is 0 Å². The molecule has 36 heavy (non-hydrogen) atoms. The van der Waals surface area contributed by atoms with E-state index in [2.05, 4.69) is 0 Å². The van der Waals surface area contributed by atoms with Crippen LogP contribution in [0.1, 0.15) is 74.0 Å². The standard InChI is InChI=1S/C28H32O8/c1-19(29)22-7-9-24(10-8-22)27(31)35-17-20-3-5-21(6-4-20)18-36-28(32)25-13-11-23(12-14-25)26(30)34-16-15-33-2/h7-14,20-21H,3-6,15-18H2,1-2H3. The van der Waals surface area contributed by atoms with E-state index in [4.69, 9.17) is 18.9 Å². The fourth-order valence-corrected chi connectivity index (χ4v) is 4.00. The molecule has 0 aliphatic heterocycles. The third-order valence-electron chi connectivity index (χ3n) is 6.27. The zero-order valence-electron chi connectivity index (χ0n) is 20.7. The molecule has 0 aromatic heterocycles. The van der Waals surface area contributed by atoms with Gasteiger partial charge in [-0.1, -0.05) is 12.1 Å². The van der Waals surface area contributed by atoms with Crippen molar-refractivity contribution in [3.63, 3.8) is 0 Å². The number of hydrogen-bond donors (Lipinski definition) is 0. The van der Waals surface area contributed by atoms with Crippen LogP contribution >= 0.6 is 0 Å². The Hall–Kier alpha value is -3.52. The summed E-state index contributed by atoms with van der Waals surface area (Å²) in [6.07, 6.45) is 3.54. The first-order valence-electron chi connectivity index (χ1n) is 12.1. The Kier molecular flexibility index (Phi) is 10.2. The van der Waals surface area contributed by atoms with Gasteiger partial charge in [-0.25, -0.2) is 14.4 Å². The number of ketones is 1. The van der Waals surface area contributed by atoms with Gasteiger partial charge in [0, 0.05) is 12.7 Å². The molecule has 192 valence electrons. The zero-order valence-corrected chi connectivity index (χ0v) is 20.7. The molecule has 3 rings (SSSR count). The van der Waals surface area contributed by atoms with Crippen LogP contribution < -0.4 is 0 Å². The normalized spacial score (nSPS) is 17.2. The van der Waals surface area contributed by atoms with Crippen LogP contribution in [-0.4, -0.2) is 57.2 Å². The van der Waals surface area contributed by atoms with E-state index in [1.165, 1.54) is 26.2 Å². The highest BCUT2D eigenvalue weighted by atomic mass is 16.6. The maximum Gasteiger partial charge on any atom is 0.338 e. The summed E-state index contributed by atoms with van der Waals surface area (Å²) >= 11 is 0. The molecule has 2 aromatic carbocycles. The molecule has 0 unspecified atom stereocenters. The third-order valence-corrected chi connectivity index (χ3v) is 6.27. The minimum absolute atomic E-state index is 0.0497. The van der Waals surface area contributed by atoms with Gasteiger partial charge in [-0.15, -0.1) is 0 Å². The first-order valence-corrected chi connectivity index (χ1v) is 12.1. The Morgan fingerprint density at radius 2 is 0.972 bits per heavy atom. The maximum atomic E-state index is 12.4. The highest BCUT2D eigenvalue weighted by Gasteiger charge is 2.24. The lowest BCUT2D eigenvalue weighted by atomic mass is 9.83. The second-order valence-corrected chi connectivity index (χ2v) is 8.92. The van der Waals surface area contributed by atoms with Crippen molar-refractivity contribution in [1.82, 2.24) is 0 Å². The number of carbonyl (C=O) groups is 4. The molecular weight excluding hydrogens is 464 g/mol. The largest absolute Gasteiger partial charge is 0.462 e. The summed E-state index contributed by atoms with van der Waals surface area (Å²) in [4.78, 5) is 47.9. The maximum absolute atomic E-state index is 12.4. The lowest BCUT2D eigenvalue weighted by Gasteiger charge is -2.27. The van der Waals surface area contributed by atoms with E-state index in [1.807, 2.05) is 0 Å². The number of ether oxygens (including phenoxy) is 4. The van der Waals surface area contributed by atoms with Crippen molar-refractivity contribution in [2.45, 2.75) is 32.6 Å². The third kappa shape index (κ3) is 8.02. The SMILES string of the molecule is COCCOC(=O)c1ccc(C(=O)OCC2CCC(COC(=O)c3ccc(C(C)=O)cc3)CC2)cc1. The molecule has 0 saturated heterocycles. The lowest BCUT2D eigenvalue weighted by molar-refractivity contribution is 0.0297. The molecule has 1 fully saturated rings. The fourth-order valence-electron chi connectivity index (χ4n) is 4.00. The number of hydrogen-bond acceptors (Lipinski definition) is 8. The van der Waals surface area contributed by atoms with Crippen LogP contribution in [0.4, 0.5) is 0 Å². The van der Waals surface area contributed by atoms with Crippen molar-refractivity contribution >= 4 is 23.7 Å². The molecule has 1 aliphatic rings. The second kappa shape index (κ2) is 13.5. The van der Waals surface area contributed by atoms with Crippen LogP contribution in [0, 0.1) is 11.8 Å². The summed E-state index contributed by atoms with van der Waals surface area (Å²) in [6.45, 7) is 2.64. The number of rotatable bonds is 11. The van der Waals surface area contributed by atoms with Gasteiger partial charge in [0.05, 0.1) is 36.5 Å². The van der Waals surface area contributed by atoms with Crippen molar-refractivity contribution in [1.29, 1.82) is 0 Å². The first kappa shape index (κ1) is 27.1. The molecular formula is C28H32O8. The Bertz CT molecular complexity index is 1030. The summed E-state index contributed by atoms with van der Waals surface area (Å²) in [7, 11) is 1.53. The van der Waals surface area contributed by atoms with Crippen molar-refractivity contribution < 1.29 is 38.1 Å². The van der Waals surface area contributed by atoms with E-state index in [0.717, 1.165) is 25.7 Å². The van der Waals surface area contributed by atoms with Gasteiger partial charge in [-0.2, -0.15) is 0 Å². The van der Waals surface area contributed by atoms with Crippen LogP contribution in [-0.2, 0) is 18.9 Å². The molecule has 1 saturated carbocycles. The number of Topliss-reactive ketones (excluding diaryl/α,β-unsaturated/α-hetero) is 1. The van der Waals surface area contributed by atoms with Gasteiger partial charge >= 0.3 is 17.9 Å². The molecule has 0 N–H and O–H groups in total. The molecule has 1 aliphatic carbocycles. The average molecular weight is 497 g/mol. The van der Waals surface area contributed by atoms with E-state index in [-0.39, 0.29) is 24.2 Å². The van der Waals surface area contributed by atoms with E-state index >= 15 is 0 Å². The van der Waals surface area contributed by atoms with Crippen LogP contribution in [0.3, 0.4) is 0 Å². The Balaban J connectivity index is 1.35. The quantitative estimate of drug-likeness (QED) is 0.194. The van der Waals surface area contributed by atoms with E-state index in [1.54, 1.807) is 36.4 Å². The lowest BCUT2D eigenvalue weighted by Crippen LogP contribution is -2.24. The molecule has 0 spiro atoms. The Morgan fingerprint density at radius 3 is 1.33 bits per heavy atom. The molecule has 0 heterocycles. The summed E-state index contributed by atoms with van der Waals surface area (Å²) in [5.74, 6) is -0.813. The van der Waals surface area contributed by atoms with Gasteiger partial charge in [-0.05, 0) is 80.8 Å². The van der Waals surface area contributed by atoms with Crippen LogP contribution in [0.2, 0.25) is 0 Å². The van der Waals surface area contributed by atoms with Gasteiger partial charge in [-0.3, -0.25) is 4.79 Å². The Morgan fingerprint density at radius 1 is 0.611 bits per heavy atom. The van der Waals surface area contributed by atoms with Gasteiger partial charge in [0.15, 0.2) is 5.78 Å². The number of esters is 3.